The molecule has 0 fully saturated rings. The monoisotopic (exact) mass is 774 g/mol. The van der Waals surface area contributed by atoms with Crippen molar-refractivity contribution < 1.29 is 60.1 Å². The van der Waals surface area contributed by atoms with E-state index in [9.17, 15) is 25.9 Å². The number of benzene rings is 4. The molecule has 2 aliphatic rings. The number of hydrogen-bond donors (Lipinski definition) is 0. The van der Waals surface area contributed by atoms with E-state index < -0.39 is 20.2 Å². The maximum Gasteiger partial charge on any atom is 1.00 e. The third-order valence-electron chi connectivity index (χ3n) is 10.6. The second kappa shape index (κ2) is 16.8. The minimum Gasteiger partial charge on any atom is -0.748 e. The summed E-state index contributed by atoms with van der Waals surface area (Å²) in [6.07, 6.45) is 16.0. The van der Waals surface area contributed by atoms with Gasteiger partial charge in [0.25, 0.3) is 0 Å². The molecular weight excluding hydrogens is 728 g/mol. The summed E-state index contributed by atoms with van der Waals surface area (Å²) in [5, 5.41) is 4.54. The van der Waals surface area contributed by atoms with Crippen LogP contribution < -0.4 is 34.5 Å². The largest absolute Gasteiger partial charge is 1.00 e. The standard InChI is InChI=1S/C43H48N2O6S2.Na/c1-42(2)36-26-24-32-18-10-12-20-34(32)40(36)44(28-14-16-30-52(46,47)48)38(42)22-8-6-5-7-9-23-39-43(3,4)37-27-25-33-19-11-13-21-35(33)41(37)45(39)29-15-17-31-53(49,50)51;/h5-13,18-27H,14-17,28-31H2,1-4H3,(H-,46,47,48,49,50,51);/q;+1/p-1. The molecule has 8 nitrogen and oxygen atoms in total. The van der Waals surface area contributed by atoms with Gasteiger partial charge >= 0.3 is 29.6 Å². The molecule has 0 saturated carbocycles. The Morgan fingerprint density at radius 3 is 1.87 bits per heavy atom. The third-order valence-corrected chi connectivity index (χ3v) is 12.1. The van der Waals surface area contributed by atoms with Crippen LogP contribution >= 0.6 is 0 Å². The molecule has 0 aliphatic carbocycles. The van der Waals surface area contributed by atoms with E-state index >= 15 is 0 Å². The van der Waals surface area contributed by atoms with Gasteiger partial charge in [0, 0.05) is 52.6 Å². The molecule has 0 amide bonds. The van der Waals surface area contributed by atoms with Gasteiger partial charge in [-0.1, -0.05) is 111 Å². The van der Waals surface area contributed by atoms with Crippen molar-refractivity contribution in [3.63, 3.8) is 0 Å². The van der Waals surface area contributed by atoms with E-state index in [2.05, 4.69) is 97.9 Å². The van der Waals surface area contributed by atoms with Gasteiger partial charge < -0.3 is 14.0 Å². The topological polar surface area (TPSA) is 121 Å². The van der Waals surface area contributed by atoms with Crippen molar-refractivity contribution in [1.82, 2.24) is 0 Å². The van der Waals surface area contributed by atoms with Crippen LogP contribution in [0.2, 0.25) is 0 Å². The van der Waals surface area contributed by atoms with E-state index in [-0.39, 0.29) is 51.9 Å². The summed E-state index contributed by atoms with van der Waals surface area (Å²) in [4.78, 5) is 2.28. The third kappa shape index (κ3) is 9.02. The molecule has 4 aromatic carbocycles. The number of rotatable bonds is 14. The first-order valence-corrected chi connectivity index (χ1v) is 21.3. The van der Waals surface area contributed by atoms with Gasteiger partial charge in [-0.25, -0.2) is 16.8 Å². The Bertz CT molecular complexity index is 2430. The number of anilines is 1. The normalized spacial score (nSPS) is 17.4. The van der Waals surface area contributed by atoms with Crippen LogP contribution in [-0.4, -0.2) is 60.8 Å². The van der Waals surface area contributed by atoms with Gasteiger partial charge in [0.15, 0.2) is 5.71 Å². The van der Waals surface area contributed by atoms with Crippen molar-refractivity contribution >= 4 is 58.9 Å². The molecule has 11 heteroatoms. The Morgan fingerprint density at radius 2 is 1.20 bits per heavy atom. The van der Waals surface area contributed by atoms with Gasteiger partial charge in [0.1, 0.15) is 6.54 Å². The summed E-state index contributed by atoms with van der Waals surface area (Å²) >= 11 is 0. The number of nitrogens with zero attached hydrogens (tertiary/aromatic N) is 2. The molecule has 4 aromatic rings. The zero-order chi connectivity index (χ0) is 38.0. The minimum absolute atomic E-state index is 0. The van der Waals surface area contributed by atoms with Crippen molar-refractivity contribution in [2.75, 3.05) is 29.5 Å². The Kier molecular flexibility index (Phi) is 13.0. The molecule has 278 valence electrons. The number of fused-ring (bicyclic) bond motifs is 6. The van der Waals surface area contributed by atoms with Crippen LogP contribution in [0, 0.1) is 0 Å². The number of hydrogen-bond acceptors (Lipinski definition) is 7. The fraction of sp³-hybridized carbons (Fsp3) is 0.326. The van der Waals surface area contributed by atoms with Crippen LogP contribution in [0.4, 0.5) is 11.4 Å². The van der Waals surface area contributed by atoms with Crippen LogP contribution in [0.25, 0.3) is 21.5 Å². The van der Waals surface area contributed by atoms with Crippen molar-refractivity contribution in [3.05, 3.63) is 132 Å². The Morgan fingerprint density at radius 1 is 0.648 bits per heavy atom. The van der Waals surface area contributed by atoms with Gasteiger partial charge in [-0.15, -0.1) is 0 Å². The van der Waals surface area contributed by atoms with E-state index in [1.807, 2.05) is 54.6 Å². The van der Waals surface area contributed by atoms with Crippen LogP contribution in [-0.2, 0) is 31.1 Å². The van der Waals surface area contributed by atoms with Crippen LogP contribution in [0.1, 0.15) is 64.5 Å². The van der Waals surface area contributed by atoms with Gasteiger partial charge in [-0.3, -0.25) is 0 Å². The summed E-state index contributed by atoms with van der Waals surface area (Å²) in [5.41, 5.74) is 6.25. The molecule has 0 bridgehead atoms. The quantitative estimate of drug-likeness (QED) is 0.0556. The summed E-state index contributed by atoms with van der Waals surface area (Å²) in [6, 6.07) is 25.2. The first kappa shape index (κ1) is 41.8. The predicted molar refractivity (Wildman–Crippen MR) is 214 cm³/mol. The molecule has 0 N–H and O–H groups in total. The summed E-state index contributed by atoms with van der Waals surface area (Å²) < 4.78 is 70.0. The number of allylic oxidation sites excluding steroid dienone is 8. The van der Waals surface area contributed by atoms with Crippen molar-refractivity contribution in [2.45, 2.75) is 64.2 Å². The van der Waals surface area contributed by atoms with Crippen molar-refractivity contribution in [3.8, 4) is 0 Å². The van der Waals surface area contributed by atoms with Gasteiger partial charge in [-0.2, -0.15) is 4.58 Å². The van der Waals surface area contributed by atoms with Crippen LogP contribution in [0.5, 0.6) is 0 Å². The molecule has 0 saturated heterocycles. The maximum absolute atomic E-state index is 11.3. The van der Waals surface area contributed by atoms with Crippen molar-refractivity contribution in [2.24, 2.45) is 0 Å². The fourth-order valence-corrected chi connectivity index (χ4v) is 9.05. The number of unbranched alkanes of at least 4 members (excludes halogenated alkanes) is 2. The molecule has 0 atom stereocenters. The maximum atomic E-state index is 11.3. The Labute approximate surface area is 342 Å². The predicted octanol–water partition coefficient (Wildman–Crippen LogP) is 5.37. The van der Waals surface area contributed by atoms with Crippen LogP contribution in [0.3, 0.4) is 0 Å². The Balaban J connectivity index is 0.00000561. The molecule has 2 aliphatic heterocycles. The molecule has 0 unspecified atom stereocenters. The Hall–Kier alpha value is -3.35. The first-order valence-electron chi connectivity index (χ1n) is 18.2. The van der Waals surface area contributed by atoms with Gasteiger partial charge in [-0.05, 0) is 61.6 Å². The second-order valence-corrected chi connectivity index (χ2v) is 18.0. The van der Waals surface area contributed by atoms with Crippen molar-refractivity contribution in [1.29, 1.82) is 0 Å². The zero-order valence-electron chi connectivity index (χ0n) is 31.8. The first-order chi connectivity index (χ1) is 25.1. The van der Waals surface area contributed by atoms with E-state index in [1.54, 1.807) is 0 Å². The summed E-state index contributed by atoms with van der Waals surface area (Å²) in [6.45, 7) is 9.99. The molecule has 0 spiro atoms. The molecular formula is C43H47N2NaO6S2. The van der Waals surface area contributed by atoms with E-state index in [0.29, 0.717) is 38.8 Å². The van der Waals surface area contributed by atoms with E-state index in [1.165, 1.54) is 11.1 Å². The molecule has 6 rings (SSSR count). The fourth-order valence-electron chi connectivity index (χ4n) is 7.94. The molecule has 0 aromatic heterocycles. The average Bonchev–Trinajstić information content (AvgIpc) is 3.45. The smallest absolute Gasteiger partial charge is 0.748 e. The second-order valence-electron chi connectivity index (χ2n) is 14.9. The molecule has 2 heterocycles. The average molecular weight is 775 g/mol. The van der Waals surface area contributed by atoms with Gasteiger partial charge in [0.05, 0.1) is 36.7 Å². The summed E-state index contributed by atoms with van der Waals surface area (Å²) in [5.74, 6) is -0.737. The zero-order valence-corrected chi connectivity index (χ0v) is 35.4. The molecule has 54 heavy (non-hydrogen) atoms. The van der Waals surface area contributed by atoms with Gasteiger partial charge in [0.2, 0.25) is 5.69 Å². The molecule has 0 radical (unpaired) electrons. The SMILES string of the molecule is CC1(C)C(=CC=CC=CC=CC2=[N+](CCCCS(=O)(=O)[O-])c3c(ccc4ccccc34)C2(C)C)N(CCCCS(=O)(=O)[O-])c2c1ccc1ccccc21.[Na+]. The minimum atomic E-state index is -4.27. The van der Waals surface area contributed by atoms with E-state index in [4.69, 9.17) is 0 Å². The summed E-state index contributed by atoms with van der Waals surface area (Å²) in [7, 11) is -8.53. The van der Waals surface area contributed by atoms with E-state index in [0.717, 1.165) is 44.3 Å². The van der Waals surface area contributed by atoms with Crippen LogP contribution in [0.15, 0.2) is 121 Å².